The largest absolute Gasteiger partial charge is 0.370 e. The summed E-state index contributed by atoms with van der Waals surface area (Å²) in [4.78, 5) is 4.74. The van der Waals surface area contributed by atoms with Crippen molar-refractivity contribution in [1.82, 2.24) is 4.90 Å². The third-order valence-electron chi connectivity index (χ3n) is 2.88. The molecule has 18 heavy (non-hydrogen) atoms. The lowest BCUT2D eigenvalue weighted by Gasteiger charge is -2.29. The second-order valence-electron chi connectivity index (χ2n) is 5.41. The summed E-state index contributed by atoms with van der Waals surface area (Å²) in [6.45, 7) is 7.83. The van der Waals surface area contributed by atoms with Crippen LogP contribution in [0.25, 0.3) is 0 Å². The second-order valence-corrected chi connectivity index (χ2v) is 5.97. The molecule has 0 aromatic heterocycles. The van der Waals surface area contributed by atoms with Crippen LogP contribution in [0.2, 0.25) is 0 Å². The number of alkyl halides is 1. The van der Waals surface area contributed by atoms with Gasteiger partial charge in [-0.05, 0) is 31.6 Å². The predicted molar refractivity (Wildman–Crippen MR) is 84.7 cm³/mol. The average molecular weight is 313 g/mol. The van der Waals surface area contributed by atoms with Gasteiger partial charge < -0.3 is 9.80 Å². The van der Waals surface area contributed by atoms with Gasteiger partial charge in [0.05, 0.1) is 0 Å². The number of halogens is 1. The number of rotatable bonds is 7. The molecule has 1 rings (SSSR count). The van der Waals surface area contributed by atoms with Crippen molar-refractivity contribution in [1.29, 1.82) is 0 Å². The summed E-state index contributed by atoms with van der Waals surface area (Å²) in [5, 5.41) is 0.916. The van der Waals surface area contributed by atoms with Gasteiger partial charge in [0.1, 0.15) is 0 Å². The maximum atomic E-state index is 3.59. The lowest BCUT2D eigenvalue weighted by atomic mass is 10.1. The molecule has 0 aliphatic rings. The molecule has 0 aliphatic heterocycles. The van der Waals surface area contributed by atoms with Crippen molar-refractivity contribution in [3.8, 4) is 0 Å². The number of hydrogen-bond donors (Lipinski definition) is 0. The van der Waals surface area contributed by atoms with Crippen LogP contribution in [0.3, 0.4) is 0 Å². The maximum absolute atomic E-state index is 3.59. The van der Waals surface area contributed by atoms with Crippen molar-refractivity contribution in [3.63, 3.8) is 0 Å². The molecular formula is C15H25BrN2. The van der Waals surface area contributed by atoms with E-state index in [-0.39, 0.29) is 0 Å². The van der Waals surface area contributed by atoms with Gasteiger partial charge in [0.15, 0.2) is 0 Å². The van der Waals surface area contributed by atoms with E-state index < -0.39 is 0 Å². The standard InChI is InChI=1S/C15H25BrN2/c1-13(2)12-18(10-9-17(3)4)15-8-6-5-7-14(15)11-16/h5-8,13H,9-12H2,1-4H3. The molecule has 0 bridgehead atoms. The first-order valence-electron chi connectivity index (χ1n) is 6.58. The van der Waals surface area contributed by atoms with Gasteiger partial charge in [0.25, 0.3) is 0 Å². The van der Waals surface area contributed by atoms with Crippen LogP contribution in [0.4, 0.5) is 5.69 Å². The van der Waals surface area contributed by atoms with Crippen LogP contribution in [0.1, 0.15) is 19.4 Å². The third-order valence-corrected chi connectivity index (χ3v) is 3.48. The smallest absolute Gasteiger partial charge is 0.0407 e. The van der Waals surface area contributed by atoms with Gasteiger partial charge in [-0.1, -0.05) is 48.0 Å². The van der Waals surface area contributed by atoms with Crippen molar-refractivity contribution in [2.45, 2.75) is 19.2 Å². The Morgan fingerprint density at radius 3 is 2.33 bits per heavy atom. The SMILES string of the molecule is CC(C)CN(CCN(C)C)c1ccccc1CBr. The molecule has 1 aromatic carbocycles. The van der Waals surface area contributed by atoms with E-state index in [1.54, 1.807) is 0 Å². The highest BCUT2D eigenvalue weighted by molar-refractivity contribution is 9.08. The molecule has 1 aromatic rings. The normalized spacial score (nSPS) is 11.3. The summed E-state index contributed by atoms with van der Waals surface area (Å²) in [5.41, 5.74) is 2.74. The minimum Gasteiger partial charge on any atom is -0.370 e. The Morgan fingerprint density at radius 2 is 1.78 bits per heavy atom. The van der Waals surface area contributed by atoms with E-state index >= 15 is 0 Å². The molecule has 0 unspecified atom stereocenters. The molecule has 0 heterocycles. The average Bonchev–Trinajstić information content (AvgIpc) is 2.33. The van der Waals surface area contributed by atoms with Gasteiger partial charge in [0, 0.05) is 30.7 Å². The van der Waals surface area contributed by atoms with Crippen LogP contribution in [0.5, 0.6) is 0 Å². The van der Waals surface area contributed by atoms with E-state index in [9.17, 15) is 0 Å². The quantitative estimate of drug-likeness (QED) is 0.710. The van der Waals surface area contributed by atoms with Crippen LogP contribution in [-0.4, -0.2) is 38.6 Å². The van der Waals surface area contributed by atoms with Crippen LogP contribution in [0.15, 0.2) is 24.3 Å². The fourth-order valence-corrected chi connectivity index (χ4v) is 2.48. The summed E-state index contributed by atoms with van der Waals surface area (Å²) in [7, 11) is 4.26. The van der Waals surface area contributed by atoms with Crippen LogP contribution in [0, 0.1) is 5.92 Å². The third kappa shape index (κ3) is 4.99. The topological polar surface area (TPSA) is 6.48 Å². The number of para-hydroxylation sites is 1. The minimum atomic E-state index is 0.676. The van der Waals surface area contributed by atoms with Gasteiger partial charge in [-0.3, -0.25) is 0 Å². The van der Waals surface area contributed by atoms with E-state index in [0.29, 0.717) is 5.92 Å². The van der Waals surface area contributed by atoms with Crippen molar-refractivity contribution >= 4 is 21.6 Å². The molecule has 0 fully saturated rings. The van der Waals surface area contributed by atoms with Crippen LogP contribution < -0.4 is 4.90 Å². The predicted octanol–water partition coefficient (Wildman–Crippen LogP) is 3.61. The zero-order chi connectivity index (χ0) is 13.5. The Morgan fingerprint density at radius 1 is 1.11 bits per heavy atom. The lowest BCUT2D eigenvalue weighted by molar-refractivity contribution is 0.409. The first-order chi connectivity index (χ1) is 8.54. The summed E-state index contributed by atoms with van der Waals surface area (Å²) in [6.07, 6.45) is 0. The Bertz CT molecular complexity index is 350. The fraction of sp³-hybridized carbons (Fsp3) is 0.600. The Balaban J connectivity index is 2.86. The monoisotopic (exact) mass is 312 g/mol. The lowest BCUT2D eigenvalue weighted by Crippen LogP contribution is -2.34. The molecule has 0 atom stereocenters. The van der Waals surface area contributed by atoms with E-state index in [0.717, 1.165) is 25.0 Å². The number of likely N-dealkylation sites (N-methyl/N-ethyl adjacent to an activating group) is 1. The van der Waals surface area contributed by atoms with Crippen molar-refractivity contribution in [2.75, 3.05) is 38.6 Å². The van der Waals surface area contributed by atoms with Crippen LogP contribution >= 0.6 is 15.9 Å². The molecule has 0 saturated heterocycles. The fourth-order valence-electron chi connectivity index (χ4n) is 2.00. The molecule has 0 N–H and O–H groups in total. The zero-order valence-electron chi connectivity index (χ0n) is 12.0. The van der Waals surface area contributed by atoms with E-state index in [2.05, 4.69) is 77.9 Å². The summed E-state index contributed by atoms with van der Waals surface area (Å²) >= 11 is 3.59. The first kappa shape index (κ1) is 15.5. The number of benzene rings is 1. The van der Waals surface area contributed by atoms with Crippen molar-refractivity contribution in [3.05, 3.63) is 29.8 Å². The Labute approximate surface area is 120 Å². The van der Waals surface area contributed by atoms with Crippen molar-refractivity contribution in [2.24, 2.45) is 5.92 Å². The first-order valence-corrected chi connectivity index (χ1v) is 7.70. The molecule has 0 aliphatic carbocycles. The number of hydrogen-bond acceptors (Lipinski definition) is 2. The Hall–Kier alpha value is -0.540. The zero-order valence-corrected chi connectivity index (χ0v) is 13.6. The van der Waals surface area contributed by atoms with Gasteiger partial charge in [-0.15, -0.1) is 0 Å². The highest BCUT2D eigenvalue weighted by Crippen LogP contribution is 2.23. The summed E-state index contributed by atoms with van der Waals surface area (Å²) < 4.78 is 0. The summed E-state index contributed by atoms with van der Waals surface area (Å²) in [5.74, 6) is 0.676. The van der Waals surface area contributed by atoms with Crippen molar-refractivity contribution < 1.29 is 0 Å². The van der Waals surface area contributed by atoms with E-state index in [1.807, 2.05) is 0 Å². The summed E-state index contributed by atoms with van der Waals surface area (Å²) in [6, 6.07) is 8.67. The van der Waals surface area contributed by atoms with Gasteiger partial charge in [-0.25, -0.2) is 0 Å². The molecule has 0 radical (unpaired) electrons. The number of anilines is 1. The van der Waals surface area contributed by atoms with Gasteiger partial charge >= 0.3 is 0 Å². The molecular weight excluding hydrogens is 288 g/mol. The van der Waals surface area contributed by atoms with E-state index in [1.165, 1.54) is 11.3 Å². The minimum absolute atomic E-state index is 0.676. The number of nitrogens with zero attached hydrogens (tertiary/aromatic N) is 2. The molecule has 0 amide bonds. The van der Waals surface area contributed by atoms with Crippen LogP contribution in [-0.2, 0) is 5.33 Å². The molecule has 102 valence electrons. The van der Waals surface area contributed by atoms with Gasteiger partial charge in [0.2, 0.25) is 0 Å². The molecule has 0 saturated carbocycles. The van der Waals surface area contributed by atoms with E-state index in [4.69, 9.17) is 0 Å². The van der Waals surface area contributed by atoms with Gasteiger partial charge in [-0.2, -0.15) is 0 Å². The molecule has 3 heteroatoms. The second kappa shape index (κ2) is 7.80. The highest BCUT2D eigenvalue weighted by Gasteiger charge is 2.12. The molecule has 2 nitrogen and oxygen atoms in total. The highest BCUT2D eigenvalue weighted by atomic mass is 79.9. The Kier molecular flexibility index (Phi) is 6.72. The maximum Gasteiger partial charge on any atom is 0.0407 e. The molecule has 0 spiro atoms.